The standard InChI is InChI=1S/C25H26ClNO5S/c1-31-19-4-6-23(22(13-19)32-2)33(29,30)27-21-5-3-18(26)12-20(21)25(24(27)28)16-8-14-7-15(10-16)11-17(25)9-14/h3-6,12-17H,7-11H2,1-2H3. The van der Waals surface area contributed by atoms with Crippen LogP contribution in [0.5, 0.6) is 11.5 Å². The second-order valence-corrected chi connectivity index (χ2v) is 12.1. The van der Waals surface area contributed by atoms with E-state index in [9.17, 15) is 13.2 Å². The Morgan fingerprint density at radius 2 is 1.61 bits per heavy atom. The zero-order valence-electron chi connectivity index (χ0n) is 18.6. The van der Waals surface area contributed by atoms with Crippen molar-refractivity contribution in [1.82, 2.24) is 0 Å². The number of nitrogens with zero attached hydrogens (tertiary/aromatic N) is 1. The van der Waals surface area contributed by atoms with Gasteiger partial charge >= 0.3 is 0 Å². The quantitative estimate of drug-likeness (QED) is 0.620. The number of halogens is 1. The van der Waals surface area contributed by atoms with Gasteiger partial charge in [0.2, 0.25) is 0 Å². The van der Waals surface area contributed by atoms with E-state index in [0.717, 1.165) is 35.6 Å². The van der Waals surface area contributed by atoms with Crippen molar-refractivity contribution in [1.29, 1.82) is 0 Å². The summed E-state index contributed by atoms with van der Waals surface area (Å²) in [5.74, 6) is 1.87. The molecule has 5 aliphatic rings. The van der Waals surface area contributed by atoms with Gasteiger partial charge in [0, 0.05) is 11.1 Å². The summed E-state index contributed by atoms with van der Waals surface area (Å²) in [6.45, 7) is 0. The van der Waals surface area contributed by atoms with Crippen LogP contribution in [0.15, 0.2) is 41.3 Å². The van der Waals surface area contributed by atoms with E-state index in [1.54, 1.807) is 18.2 Å². The predicted molar refractivity (Wildman–Crippen MR) is 124 cm³/mol. The molecule has 1 spiro atoms. The molecule has 0 aromatic heterocycles. The van der Waals surface area contributed by atoms with Crippen LogP contribution in [0.25, 0.3) is 0 Å². The first-order valence-corrected chi connectivity index (χ1v) is 13.2. The van der Waals surface area contributed by atoms with E-state index in [-0.39, 0.29) is 28.4 Å². The van der Waals surface area contributed by atoms with Gasteiger partial charge in [-0.3, -0.25) is 4.79 Å². The van der Waals surface area contributed by atoms with Gasteiger partial charge in [0.25, 0.3) is 15.9 Å². The first-order valence-electron chi connectivity index (χ1n) is 11.4. The number of hydrogen-bond acceptors (Lipinski definition) is 5. The van der Waals surface area contributed by atoms with Crippen LogP contribution in [-0.2, 0) is 20.2 Å². The number of amides is 1. The molecular formula is C25H26ClNO5S. The largest absolute Gasteiger partial charge is 0.497 e. The number of anilines is 1. The van der Waals surface area contributed by atoms with Crippen LogP contribution >= 0.6 is 11.6 Å². The van der Waals surface area contributed by atoms with Crippen LogP contribution in [0.1, 0.15) is 37.7 Å². The Kier molecular flexibility index (Phi) is 4.60. The van der Waals surface area contributed by atoms with Crippen molar-refractivity contribution in [3.63, 3.8) is 0 Å². The minimum absolute atomic E-state index is 0.0547. The van der Waals surface area contributed by atoms with Crippen molar-refractivity contribution in [2.45, 2.75) is 42.4 Å². The maximum absolute atomic E-state index is 14.4. The highest BCUT2D eigenvalue weighted by Crippen LogP contribution is 2.67. The van der Waals surface area contributed by atoms with Crippen LogP contribution in [0.4, 0.5) is 5.69 Å². The average molecular weight is 488 g/mol. The monoisotopic (exact) mass is 487 g/mol. The molecule has 0 unspecified atom stereocenters. The molecule has 33 heavy (non-hydrogen) atoms. The van der Waals surface area contributed by atoms with Crippen LogP contribution in [-0.4, -0.2) is 28.5 Å². The Hall–Kier alpha value is -2.25. The fourth-order valence-corrected chi connectivity index (χ4v) is 9.24. The van der Waals surface area contributed by atoms with E-state index in [0.29, 0.717) is 28.3 Å². The van der Waals surface area contributed by atoms with Gasteiger partial charge in [0.05, 0.1) is 25.3 Å². The van der Waals surface area contributed by atoms with Crippen molar-refractivity contribution < 1.29 is 22.7 Å². The number of hydrogen-bond donors (Lipinski definition) is 0. The number of sulfonamides is 1. The minimum Gasteiger partial charge on any atom is -0.497 e. The lowest BCUT2D eigenvalue weighted by molar-refractivity contribution is -0.138. The maximum Gasteiger partial charge on any atom is 0.274 e. The fraction of sp³-hybridized carbons (Fsp3) is 0.480. The number of carbonyl (C=O) groups excluding carboxylic acids is 1. The fourth-order valence-electron chi connectivity index (χ4n) is 7.45. The third-order valence-electron chi connectivity index (χ3n) is 8.48. The average Bonchev–Trinajstić information content (AvgIpc) is 3.05. The molecule has 0 atom stereocenters. The van der Waals surface area contributed by atoms with E-state index in [1.165, 1.54) is 32.8 Å². The summed E-state index contributed by atoms with van der Waals surface area (Å²) in [6, 6.07) is 9.71. The smallest absolute Gasteiger partial charge is 0.274 e. The van der Waals surface area contributed by atoms with E-state index in [4.69, 9.17) is 21.1 Å². The van der Waals surface area contributed by atoms with Gasteiger partial charge in [-0.1, -0.05) is 11.6 Å². The molecule has 0 N–H and O–H groups in total. The molecule has 4 aliphatic carbocycles. The number of fused-ring (bicyclic) bond motifs is 1. The summed E-state index contributed by atoms with van der Waals surface area (Å²) < 4.78 is 39.7. The van der Waals surface area contributed by atoms with Crippen molar-refractivity contribution in [2.24, 2.45) is 23.7 Å². The zero-order valence-corrected chi connectivity index (χ0v) is 20.2. The molecule has 4 saturated carbocycles. The molecule has 0 saturated heterocycles. The molecule has 1 aliphatic heterocycles. The van der Waals surface area contributed by atoms with Gasteiger partial charge in [0.1, 0.15) is 16.4 Å². The number of ether oxygens (including phenoxy) is 2. The Morgan fingerprint density at radius 1 is 0.939 bits per heavy atom. The predicted octanol–water partition coefficient (Wildman–Crippen LogP) is 4.79. The third kappa shape index (κ3) is 2.72. The summed E-state index contributed by atoms with van der Waals surface area (Å²) in [5, 5.41) is 0.524. The maximum atomic E-state index is 14.4. The van der Waals surface area contributed by atoms with Crippen molar-refractivity contribution >= 4 is 33.2 Å². The van der Waals surface area contributed by atoms with Crippen molar-refractivity contribution in [3.8, 4) is 11.5 Å². The second kappa shape index (κ2) is 7.12. The highest BCUT2D eigenvalue weighted by Gasteiger charge is 2.67. The van der Waals surface area contributed by atoms with Gasteiger partial charge in [-0.05, 0) is 91.7 Å². The van der Waals surface area contributed by atoms with Gasteiger partial charge in [-0.2, -0.15) is 0 Å². The number of carbonyl (C=O) groups is 1. The summed E-state index contributed by atoms with van der Waals surface area (Å²) in [5.41, 5.74) is 0.389. The van der Waals surface area contributed by atoms with E-state index in [2.05, 4.69) is 0 Å². The van der Waals surface area contributed by atoms with Crippen LogP contribution in [0, 0.1) is 23.7 Å². The lowest BCUT2D eigenvalue weighted by Crippen LogP contribution is -2.60. The first kappa shape index (κ1) is 21.3. The van der Waals surface area contributed by atoms with Crippen LogP contribution in [0.2, 0.25) is 5.02 Å². The third-order valence-corrected chi connectivity index (χ3v) is 10.4. The van der Waals surface area contributed by atoms with E-state index < -0.39 is 15.4 Å². The SMILES string of the molecule is COc1ccc(S(=O)(=O)N2C(=O)C3(c4cc(Cl)ccc42)C2CC4CC(C2)CC3C4)c(OC)c1. The van der Waals surface area contributed by atoms with E-state index in [1.807, 2.05) is 6.07 Å². The molecule has 2 aromatic rings. The molecule has 1 heterocycles. The Bertz CT molecular complexity index is 1250. The molecule has 174 valence electrons. The van der Waals surface area contributed by atoms with Crippen molar-refractivity contribution in [3.05, 3.63) is 47.0 Å². The summed E-state index contributed by atoms with van der Waals surface area (Å²) in [6.07, 6.45) is 5.15. The summed E-state index contributed by atoms with van der Waals surface area (Å²) >= 11 is 6.41. The summed E-state index contributed by atoms with van der Waals surface area (Å²) in [4.78, 5) is 14.3. The topological polar surface area (TPSA) is 72.9 Å². The normalized spacial score (nSPS) is 31.8. The van der Waals surface area contributed by atoms with Gasteiger partial charge in [-0.25, -0.2) is 12.7 Å². The highest BCUT2D eigenvalue weighted by atomic mass is 35.5. The molecule has 2 aromatic carbocycles. The second-order valence-electron chi connectivity index (χ2n) is 9.93. The molecule has 0 radical (unpaired) electrons. The first-order chi connectivity index (χ1) is 15.8. The van der Waals surface area contributed by atoms with Gasteiger partial charge in [0.15, 0.2) is 0 Å². The molecular weight excluding hydrogens is 462 g/mol. The zero-order chi connectivity index (χ0) is 23.1. The van der Waals surface area contributed by atoms with Crippen LogP contribution < -0.4 is 13.8 Å². The number of methoxy groups -OCH3 is 2. The Morgan fingerprint density at radius 3 is 2.21 bits per heavy atom. The number of rotatable bonds is 4. The van der Waals surface area contributed by atoms with E-state index >= 15 is 0 Å². The molecule has 6 nitrogen and oxygen atoms in total. The number of benzene rings is 2. The molecule has 4 fully saturated rings. The van der Waals surface area contributed by atoms with Crippen LogP contribution in [0.3, 0.4) is 0 Å². The lowest BCUT2D eigenvalue weighted by Gasteiger charge is -2.59. The lowest BCUT2D eigenvalue weighted by atomic mass is 9.44. The Labute approximate surface area is 198 Å². The molecule has 7 rings (SSSR count). The molecule has 8 heteroatoms. The Balaban J connectivity index is 1.55. The van der Waals surface area contributed by atoms with Crippen molar-refractivity contribution in [2.75, 3.05) is 18.5 Å². The minimum atomic E-state index is -4.23. The molecule has 4 bridgehead atoms. The molecule has 1 amide bonds. The summed E-state index contributed by atoms with van der Waals surface area (Å²) in [7, 11) is -1.32. The highest BCUT2D eigenvalue weighted by molar-refractivity contribution is 7.93. The van der Waals surface area contributed by atoms with Gasteiger partial charge in [-0.15, -0.1) is 0 Å². The van der Waals surface area contributed by atoms with Gasteiger partial charge < -0.3 is 9.47 Å².